The number of rotatable bonds is 6. The first-order chi connectivity index (χ1) is 11.4. The fraction of sp³-hybridized carbons (Fsp3) is 0.263. The zero-order chi connectivity index (χ0) is 17.7. The zero-order valence-electron chi connectivity index (χ0n) is 14.2. The molecular weight excluding hydrogens is 304 g/mol. The van der Waals surface area contributed by atoms with Crippen LogP contribution in [0.2, 0.25) is 0 Å². The van der Waals surface area contributed by atoms with Crippen LogP contribution in [0.25, 0.3) is 0 Å². The number of carbonyl (C=O) groups excluding carboxylic acids is 2. The van der Waals surface area contributed by atoms with Crippen molar-refractivity contribution in [3.05, 3.63) is 64.7 Å². The van der Waals surface area contributed by atoms with E-state index in [0.29, 0.717) is 12.3 Å². The van der Waals surface area contributed by atoms with Crippen molar-refractivity contribution in [2.45, 2.75) is 20.4 Å². The van der Waals surface area contributed by atoms with Gasteiger partial charge in [-0.05, 0) is 42.7 Å². The number of nitrogens with two attached hydrogens (primary N) is 1. The van der Waals surface area contributed by atoms with Gasteiger partial charge in [0.2, 0.25) is 0 Å². The molecule has 0 heterocycles. The van der Waals surface area contributed by atoms with Gasteiger partial charge in [0.15, 0.2) is 6.61 Å². The molecule has 5 nitrogen and oxygen atoms in total. The third kappa shape index (κ3) is 4.35. The minimum Gasteiger partial charge on any atom is -0.483 e. The molecule has 2 amide bonds. The van der Waals surface area contributed by atoms with E-state index in [2.05, 4.69) is 0 Å². The van der Waals surface area contributed by atoms with Gasteiger partial charge in [0.25, 0.3) is 11.8 Å². The van der Waals surface area contributed by atoms with Gasteiger partial charge in [-0.2, -0.15) is 0 Å². The van der Waals surface area contributed by atoms with E-state index in [9.17, 15) is 9.59 Å². The standard InChI is InChI=1S/C19H22N2O3/c1-13-8-9-16(19(20)23)17(10-13)24-12-18(22)21(3)11-15-7-5-4-6-14(15)2/h4-10H,11-12H2,1-3H3,(H2,20,23). The maximum atomic E-state index is 12.3. The Morgan fingerprint density at radius 1 is 1.12 bits per heavy atom. The van der Waals surface area contributed by atoms with E-state index in [0.717, 1.165) is 16.7 Å². The lowest BCUT2D eigenvalue weighted by molar-refractivity contribution is -0.132. The van der Waals surface area contributed by atoms with Crippen LogP contribution in [0.15, 0.2) is 42.5 Å². The second-order valence-corrected chi connectivity index (χ2v) is 5.83. The predicted molar refractivity (Wildman–Crippen MR) is 92.8 cm³/mol. The first-order valence-electron chi connectivity index (χ1n) is 7.70. The average molecular weight is 326 g/mol. The summed E-state index contributed by atoms with van der Waals surface area (Å²) >= 11 is 0. The lowest BCUT2D eigenvalue weighted by Gasteiger charge is -2.19. The summed E-state index contributed by atoms with van der Waals surface area (Å²) in [5.41, 5.74) is 8.75. The molecule has 0 saturated heterocycles. The molecule has 0 radical (unpaired) electrons. The van der Waals surface area contributed by atoms with E-state index in [4.69, 9.17) is 10.5 Å². The minimum absolute atomic E-state index is 0.147. The summed E-state index contributed by atoms with van der Waals surface area (Å²) in [6.07, 6.45) is 0. The van der Waals surface area contributed by atoms with Gasteiger partial charge in [0, 0.05) is 13.6 Å². The van der Waals surface area contributed by atoms with Gasteiger partial charge in [0.05, 0.1) is 5.56 Å². The molecule has 0 fully saturated rings. The Hall–Kier alpha value is -2.82. The highest BCUT2D eigenvalue weighted by Crippen LogP contribution is 2.20. The number of ether oxygens (including phenoxy) is 1. The Labute approximate surface area is 142 Å². The number of hydrogen-bond acceptors (Lipinski definition) is 3. The molecule has 126 valence electrons. The lowest BCUT2D eigenvalue weighted by Crippen LogP contribution is -2.31. The number of hydrogen-bond donors (Lipinski definition) is 1. The highest BCUT2D eigenvalue weighted by atomic mass is 16.5. The Kier molecular flexibility index (Phi) is 5.58. The molecule has 24 heavy (non-hydrogen) atoms. The number of likely N-dealkylation sites (N-methyl/N-ethyl adjacent to an activating group) is 1. The van der Waals surface area contributed by atoms with E-state index in [1.165, 1.54) is 0 Å². The Morgan fingerprint density at radius 2 is 1.83 bits per heavy atom. The third-order valence-corrected chi connectivity index (χ3v) is 3.85. The highest BCUT2D eigenvalue weighted by Gasteiger charge is 2.14. The fourth-order valence-corrected chi connectivity index (χ4v) is 2.33. The van der Waals surface area contributed by atoms with Gasteiger partial charge in [-0.1, -0.05) is 30.3 Å². The van der Waals surface area contributed by atoms with E-state index >= 15 is 0 Å². The number of benzene rings is 2. The van der Waals surface area contributed by atoms with Crippen molar-refractivity contribution in [2.24, 2.45) is 5.73 Å². The fourth-order valence-electron chi connectivity index (χ4n) is 2.33. The average Bonchev–Trinajstić information content (AvgIpc) is 2.54. The monoisotopic (exact) mass is 326 g/mol. The molecule has 0 saturated carbocycles. The summed E-state index contributed by atoms with van der Waals surface area (Å²) in [5.74, 6) is -0.416. The summed E-state index contributed by atoms with van der Waals surface area (Å²) in [4.78, 5) is 25.3. The van der Waals surface area contributed by atoms with Gasteiger partial charge in [-0.3, -0.25) is 9.59 Å². The zero-order valence-corrected chi connectivity index (χ0v) is 14.2. The Balaban J connectivity index is 2.02. The van der Waals surface area contributed by atoms with Crippen molar-refractivity contribution < 1.29 is 14.3 Å². The lowest BCUT2D eigenvalue weighted by atomic mass is 10.1. The van der Waals surface area contributed by atoms with Gasteiger partial charge in [-0.25, -0.2) is 0 Å². The number of amides is 2. The van der Waals surface area contributed by atoms with Crippen LogP contribution < -0.4 is 10.5 Å². The first kappa shape index (κ1) is 17.5. The van der Waals surface area contributed by atoms with Gasteiger partial charge in [0.1, 0.15) is 5.75 Å². The molecule has 0 aliphatic heterocycles. The van der Waals surface area contributed by atoms with Gasteiger partial charge >= 0.3 is 0 Å². The molecule has 0 spiro atoms. The molecule has 5 heteroatoms. The minimum atomic E-state index is -0.578. The predicted octanol–water partition coefficient (Wildman–Crippen LogP) is 2.44. The smallest absolute Gasteiger partial charge is 0.260 e. The number of aryl methyl sites for hydroxylation is 2. The maximum Gasteiger partial charge on any atom is 0.260 e. The van der Waals surface area contributed by atoms with Gasteiger partial charge in [-0.15, -0.1) is 0 Å². The topological polar surface area (TPSA) is 72.6 Å². The molecule has 2 aromatic rings. The molecule has 2 aromatic carbocycles. The summed E-state index contributed by atoms with van der Waals surface area (Å²) in [7, 11) is 1.73. The van der Waals surface area contributed by atoms with E-state index in [-0.39, 0.29) is 18.1 Å². The van der Waals surface area contributed by atoms with Crippen molar-refractivity contribution in [1.29, 1.82) is 0 Å². The van der Waals surface area contributed by atoms with Crippen LogP contribution in [-0.2, 0) is 11.3 Å². The van der Waals surface area contributed by atoms with Crippen molar-refractivity contribution in [3.8, 4) is 5.75 Å². The van der Waals surface area contributed by atoms with E-state index in [1.54, 1.807) is 30.1 Å². The van der Waals surface area contributed by atoms with Crippen LogP contribution in [0.5, 0.6) is 5.75 Å². The molecule has 0 aliphatic carbocycles. The normalized spacial score (nSPS) is 10.3. The Bertz CT molecular complexity index is 756. The highest BCUT2D eigenvalue weighted by molar-refractivity contribution is 5.95. The van der Waals surface area contributed by atoms with Gasteiger partial charge < -0.3 is 15.4 Å². The molecular formula is C19H22N2O3. The van der Waals surface area contributed by atoms with Crippen molar-refractivity contribution in [3.63, 3.8) is 0 Å². The van der Waals surface area contributed by atoms with Crippen LogP contribution in [0.1, 0.15) is 27.0 Å². The van der Waals surface area contributed by atoms with E-state index < -0.39 is 5.91 Å². The van der Waals surface area contributed by atoms with Crippen LogP contribution in [0, 0.1) is 13.8 Å². The number of nitrogens with zero attached hydrogens (tertiary/aromatic N) is 1. The summed E-state index contributed by atoms with van der Waals surface area (Å²) in [6, 6.07) is 13.0. The summed E-state index contributed by atoms with van der Waals surface area (Å²) in [6.45, 7) is 4.25. The van der Waals surface area contributed by atoms with Crippen LogP contribution in [0.3, 0.4) is 0 Å². The number of primary amides is 1. The third-order valence-electron chi connectivity index (χ3n) is 3.85. The quantitative estimate of drug-likeness (QED) is 0.886. The summed E-state index contributed by atoms with van der Waals surface area (Å²) < 4.78 is 5.54. The van der Waals surface area contributed by atoms with Crippen LogP contribution in [0.4, 0.5) is 0 Å². The van der Waals surface area contributed by atoms with Crippen molar-refractivity contribution in [2.75, 3.05) is 13.7 Å². The first-order valence-corrected chi connectivity index (χ1v) is 7.70. The molecule has 0 aliphatic rings. The molecule has 2 N–H and O–H groups in total. The maximum absolute atomic E-state index is 12.3. The second kappa shape index (κ2) is 7.64. The van der Waals surface area contributed by atoms with E-state index in [1.807, 2.05) is 38.1 Å². The largest absolute Gasteiger partial charge is 0.483 e. The SMILES string of the molecule is Cc1ccc(C(N)=O)c(OCC(=O)N(C)Cc2ccccc2C)c1. The summed E-state index contributed by atoms with van der Waals surface area (Å²) in [5, 5.41) is 0. The van der Waals surface area contributed by atoms with Crippen LogP contribution in [-0.4, -0.2) is 30.4 Å². The van der Waals surface area contributed by atoms with Crippen molar-refractivity contribution in [1.82, 2.24) is 4.90 Å². The Morgan fingerprint density at radius 3 is 2.50 bits per heavy atom. The molecule has 0 aromatic heterocycles. The molecule has 0 bridgehead atoms. The van der Waals surface area contributed by atoms with Crippen molar-refractivity contribution >= 4 is 11.8 Å². The second-order valence-electron chi connectivity index (χ2n) is 5.83. The molecule has 2 rings (SSSR count). The number of carbonyl (C=O) groups is 2. The van der Waals surface area contributed by atoms with Crippen LogP contribution >= 0.6 is 0 Å². The molecule has 0 unspecified atom stereocenters. The molecule has 0 atom stereocenters.